The molecule has 3 rings (SSSR count). The van der Waals surface area contributed by atoms with Crippen molar-refractivity contribution in [1.29, 1.82) is 0 Å². The predicted molar refractivity (Wildman–Crippen MR) is 101 cm³/mol. The highest BCUT2D eigenvalue weighted by Gasteiger charge is 2.62. The standard InChI is InChI=1S/C23H42/c1-7-10-16(4)19-13-14-20-18-12-11-17(8-2)22(5,9-3)21(18)15-23(19,20)6/h16-21H,7-15H2,1-6H3. The smallest absolute Gasteiger partial charge is 0.0261 e. The second-order valence-corrected chi connectivity index (χ2v) is 10.1. The first-order chi connectivity index (χ1) is 10.9. The molecule has 0 heteroatoms. The van der Waals surface area contributed by atoms with Crippen LogP contribution in [0.4, 0.5) is 0 Å². The summed E-state index contributed by atoms with van der Waals surface area (Å²) in [4.78, 5) is 0. The quantitative estimate of drug-likeness (QED) is 0.498. The van der Waals surface area contributed by atoms with Crippen molar-refractivity contribution in [1.82, 2.24) is 0 Å². The van der Waals surface area contributed by atoms with Crippen LogP contribution in [0.1, 0.15) is 99.3 Å². The first-order valence-electron chi connectivity index (χ1n) is 10.9. The molecule has 0 aromatic rings. The second kappa shape index (κ2) is 6.38. The van der Waals surface area contributed by atoms with Gasteiger partial charge in [-0.25, -0.2) is 0 Å². The molecular formula is C23H42. The van der Waals surface area contributed by atoms with Crippen LogP contribution in [0.2, 0.25) is 0 Å². The van der Waals surface area contributed by atoms with Gasteiger partial charge in [-0.15, -0.1) is 0 Å². The third kappa shape index (κ3) is 2.53. The normalized spacial score (nSPS) is 50.6. The van der Waals surface area contributed by atoms with Crippen molar-refractivity contribution < 1.29 is 0 Å². The van der Waals surface area contributed by atoms with Gasteiger partial charge in [-0.2, -0.15) is 0 Å². The molecule has 0 amide bonds. The molecule has 0 radical (unpaired) electrons. The van der Waals surface area contributed by atoms with E-state index >= 15 is 0 Å². The lowest BCUT2D eigenvalue weighted by Gasteiger charge is -2.50. The van der Waals surface area contributed by atoms with Gasteiger partial charge < -0.3 is 0 Å². The first kappa shape index (κ1) is 17.8. The Bertz CT molecular complexity index is 412. The number of rotatable bonds is 5. The second-order valence-electron chi connectivity index (χ2n) is 10.1. The highest BCUT2D eigenvalue weighted by atomic mass is 14.7. The van der Waals surface area contributed by atoms with E-state index in [1.165, 1.54) is 38.5 Å². The monoisotopic (exact) mass is 318 g/mol. The Kier molecular flexibility index (Phi) is 4.94. The van der Waals surface area contributed by atoms with Gasteiger partial charge in [-0.3, -0.25) is 0 Å². The van der Waals surface area contributed by atoms with Crippen LogP contribution in [0, 0.1) is 46.3 Å². The average molecular weight is 319 g/mol. The van der Waals surface area contributed by atoms with Gasteiger partial charge in [0.2, 0.25) is 0 Å². The van der Waals surface area contributed by atoms with Crippen LogP contribution < -0.4 is 0 Å². The van der Waals surface area contributed by atoms with Crippen LogP contribution in [0.15, 0.2) is 0 Å². The minimum Gasteiger partial charge on any atom is -0.0654 e. The molecule has 134 valence electrons. The van der Waals surface area contributed by atoms with Gasteiger partial charge in [-0.05, 0) is 78.4 Å². The van der Waals surface area contributed by atoms with Crippen LogP contribution in [-0.4, -0.2) is 0 Å². The summed E-state index contributed by atoms with van der Waals surface area (Å²) in [5.41, 5.74) is 1.30. The Labute approximate surface area is 146 Å². The Morgan fingerprint density at radius 3 is 2.30 bits per heavy atom. The maximum atomic E-state index is 2.72. The summed E-state index contributed by atoms with van der Waals surface area (Å²) in [6.07, 6.45) is 13.3. The van der Waals surface area contributed by atoms with Crippen LogP contribution in [0.3, 0.4) is 0 Å². The summed E-state index contributed by atoms with van der Waals surface area (Å²) in [5, 5.41) is 0. The van der Waals surface area contributed by atoms with Crippen molar-refractivity contribution in [2.24, 2.45) is 46.3 Å². The summed E-state index contributed by atoms with van der Waals surface area (Å²) in [7, 11) is 0. The van der Waals surface area contributed by atoms with Crippen LogP contribution in [0.5, 0.6) is 0 Å². The molecule has 0 saturated heterocycles. The van der Waals surface area contributed by atoms with Crippen molar-refractivity contribution in [3.63, 3.8) is 0 Å². The van der Waals surface area contributed by atoms with Crippen LogP contribution in [-0.2, 0) is 0 Å². The van der Waals surface area contributed by atoms with Gasteiger partial charge in [0.05, 0.1) is 0 Å². The fourth-order valence-electron chi connectivity index (χ4n) is 8.17. The summed E-state index contributed by atoms with van der Waals surface area (Å²) in [6, 6.07) is 0. The molecule has 0 aromatic carbocycles. The number of fused-ring (bicyclic) bond motifs is 3. The predicted octanol–water partition coefficient (Wildman–Crippen LogP) is 7.33. The molecule has 0 nitrogen and oxygen atoms in total. The molecule has 0 N–H and O–H groups in total. The number of hydrogen-bond donors (Lipinski definition) is 0. The lowest BCUT2D eigenvalue weighted by atomic mass is 9.55. The zero-order chi connectivity index (χ0) is 16.8. The molecule has 8 atom stereocenters. The molecule has 8 unspecified atom stereocenters. The molecule has 3 fully saturated rings. The topological polar surface area (TPSA) is 0 Å². The SMILES string of the molecule is CCCC(C)C1CCC2C3CCC(CC)C(C)(CC)C3CC12C. The summed E-state index contributed by atoms with van der Waals surface area (Å²) >= 11 is 0. The van der Waals surface area contributed by atoms with Gasteiger partial charge >= 0.3 is 0 Å². The maximum absolute atomic E-state index is 2.72. The molecule has 0 bridgehead atoms. The summed E-state index contributed by atoms with van der Waals surface area (Å²) < 4.78 is 0. The Balaban J connectivity index is 1.87. The largest absolute Gasteiger partial charge is 0.0654 e. The van der Waals surface area contributed by atoms with E-state index in [4.69, 9.17) is 0 Å². The van der Waals surface area contributed by atoms with Crippen LogP contribution in [0.25, 0.3) is 0 Å². The van der Waals surface area contributed by atoms with Crippen molar-refractivity contribution in [2.75, 3.05) is 0 Å². The minimum atomic E-state index is 0.629. The van der Waals surface area contributed by atoms with Crippen molar-refractivity contribution in [2.45, 2.75) is 99.3 Å². The minimum absolute atomic E-state index is 0.629. The molecule has 0 spiro atoms. The Morgan fingerprint density at radius 2 is 1.70 bits per heavy atom. The van der Waals surface area contributed by atoms with E-state index in [2.05, 4.69) is 41.5 Å². The lowest BCUT2D eigenvalue weighted by Crippen LogP contribution is -2.42. The molecular weight excluding hydrogens is 276 g/mol. The highest BCUT2D eigenvalue weighted by Crippen LogP contribution is 2.70. The van der Waals surface area contributed by atoms with E-state index in [0.717, 1.165) is 35.5 Å². The van der Waals surface area contributed by atoms with E-state index in [9.17, 15) is 0 Å². The van der Waals surface area contributed by atoms with Gasteiger partial charge in [-0.1, -0.05) is 67.2 Å². The molecule has 3 aliphatic rings. The number of hydrogen-bond acceptors (Lipinski definition) is 0. The molecule has 3 saturated carbocycles. The fraction of sp³-hybridized carbons (Fsp3) is 1.00. The molecule has 3 aliphatic carbocycles. The van der Waals surface area contributed by atoms with Gasteiger partial charge in [0.1, 0.15) is 0 Å². The third-order valence-corrected chi connectivity index (χ3v) is 9.49. The molecule has 0 aliphatic heterocycles. The zero-order valence-electron chi connectivity index (χ0n) is 16.8. The van der Waals surface area contributed by atoms with Crippen molar-refractivity contribution >= 4 is 0 Å². The van der Waals surface area contributed by atoms with Gasteiger partial charge in [0.25, 0.3) is 0 Å². The summed E-state index contributed by atoms with van der Waals surface area (Å²) in [5.74, 6) is 6.09. The highest BCUT2D eigenvalue weighted by molar-refractivity contribution is 5.11. The molecule has 0 heterocycles. The average Bonchev–Trinajstić information content (AvgIpc) is 3.00. The first-order valence-corrected chi connectivity index (χ1v) is 10.9. The Morgan fingerprint density at radius 1 is 0.957 bits per heavy atom. The molecule has 0 aromatic heterocycles. The Hall–Kier alpha value is 0. The van der Waals surface area contributed by atoms with E-state index in [0.29, 0.717) is 10.8 Å². The van der Waals surface area contributed by atoms with E-state index in [-0.39, 0.29) is 0 Å². The van der Waals surface area contributed by atoms with Crippen molar-refractivity contribution in [3.05, 3.63) is 0 Å². The van der Waals surface area contributed by atoms with Gasteiger partial charge in [0.15, 0.2) is 0 Å². The third-order valence-electron chi connectivity index (χ3n) is 9.49. The fourth-order valence-corrected chi connectivity index (χ4v) is 8.17. The van der Waals surface area contributed by atoms with Gasteiger partial charge in [0, 0.05) is 0 Å². The zero-order valence-corrected chi connectivity index (χ0v) is 16.8. The van der Waals surface area contributed by atoms with Crippen molar-refractivity contribution in [3.8, 4) is 0 Å². The van der Waals surface area contributed by atoms with E-state index in [1.54, 1.807) is 19.3 Å². The van der Waals surface area contributed by atoms with E-state index in [1.807, 2.05) is 0 Å². The lowest BCUT2D eigenvalue weighted by molar-refractivity contribution is -0.00547. The maximum Gasteiger partial charge on any atom is -0.0261 e. The summed E-state index contributed by atoms with van der Waals surface area (Å²) in [6.45, 7) is 15.3. The molecule has 23 heavy (non-hydrogen) atoms. The van der Waals surface area contributed by atoms with E-state index < -0.39 is 0 Å². The van der Waals surface area contributed by atoms with Crippen LogP contribution >= 0.6 is 0 Å².